The lowest BCUT2D eigenvalue weighted by atomic mass is 10.1. The molecule has 28 heavy (non-hydrogen) atoms. The molecule has 4 aromatic rings. The summed E-state index contributed by atoms with van der Waals surface area (Å²) in [6.45, 7) is 0. The number of benzene rings is 3. The Labute approximate surface area is 167 Å². The van der Waals surface area contributed by atoms with Gasteiger partial charge in [-0.15, -0.1) is 0 Å². The number of para-hydroxylation sites is 3. The van der Waals surface area contributed by atoms with Crippen molar-refractivity contribution >= 4 is 34.2 Å². The van der Waals surface area contributed by atoms with Crippen LogP contribution >= 0.6 is 11.6 Å². The number of hydrogen-bond donors (Lipinski definition) is 2. The van der Waals surface area contributed by atoms with Crippen LogP contribution in [0.2, 0.25) is 5.02 Å². The highest BCUT2D eigenvalue weighted by Crippen LogP contribution is 2.50. The number of imidazole rings is 1. The molecule has 2 atom stereocenters. The highest BCUT2D eigenvalue weighted by molar-refractivity contribution is 6.31. The third-order valence-corrected chi connectivity index (χ3v) is 5.61. The summed E-state index contributed by atoms with van der Waals surface area (Å²) >= 11 is 6.29. The molecule has 5 rings (SSSR count). The van der Waals surface area contributed by atoms with Gasteiger partial charge in [-0.3, -0.25) is 4.79 Å². The Balaban J connectivity index is 1.39. The van der Waals surface area contributed by atoms with Gasteiger partial charge < -0.3 is 10.3 Å². The fourth-order valence-corrected chi connectivity index (χ4v) is 3.98. The van der Waals surface area contributed by atoms with E-state index in [1.807, 2.05) is 72.8 Å². The second-order valence-corrected chi connectivity index (χ2v) is 7.51. The van der Waals surface area contributed by atoms with E-state index in [-0.39, 0.29) is 17.7 Å². The van der Waals surface area contributed by atoms with Gasteiger partial charge in [0.1, 0.15) is 5.82 Å². The van der Waals surface area contributed by atoms with Crippen LogP contribution in [0.25, 0.3) is 22.4 Å². The number of rotatable bonds is 4. The van der Waals surface area contributed by atoms with E-state index >= 15 is 0 Å². The standard InChI is InChI=1S/C23H18ClN3O/c24-18-9-3-1-7-14(18)16-13-17(16)23(28)27-19-10-4-2-8-15(19)22-25-20-11-5-6-12-21(20)26-22/h1-12,16-17H,13H2,(H,25,26)(H,27,28). The van der Waals surface area contributed by atoms with Gasteiger partial charge in [0.2, 0.25) is 5.91 Å². The summed E-state index contributed by atoms with van der Waals surface area (Å²) < 4.78 is 0. The molecule has 1 heterocycles. The molecule has 1 amide bonds. The summed E-state index contributed by atoms with van der Waals surface area (Å²) in [6.07, 6.45) is 0.822. The van der Waals surface area contributed by atoms with Crippen molar-refractivity contribution in [3.05, 3.63) is 83.4 Å². The van der Waals surface area contributed by atoms with Crippen LogP contribution in [0.4, 0.5) is 5.69 Å². The molecule has 1 saturated carbocycles. The largest absolute Gasteiger partial charge is 0.338 e. The number of nitrogens with zero attached hydrogens (tertiary/aromatic N) is 1. The van der Waals surface area contributed by atoms with Gasteiger partial charge in [-0.25, -0.2) is 4.98 Å². The Morgan fingerprint density at radius 2 is 1.75 bits per heavy atom. The van der Waals surface area contributed by atoms with E-state index in [2.05, 4.69) is 15.3 Å². The molecule has 1 aliphatic rings. The minimum Gasteiger partial charge on any atom is -0.338 e. The topological polar surface area (TPSA) is 57.8 Å². The van der Waals surface area contributed by atoms with Crippen LogP contribution in [-0.2, 0) is 4.79 Å². The zero-order valence-corrected chi connectivity index (χ0v) is 15.8. The summed E-state index contributed by atoms with van der Waals surface area (Å²) in [5.41, 5.74) is 4.56. The van der Waals surface area contributed by atoms with E-state index in [0.29, 0.717) is 0 Å². The molecule has 3 aromatic carbocycles. The number of halogens is 1. The quantitative estimate of drug-likeness (QED) is 0.477. The Bertz CT molecular complexity index is 1150. The predicted molar refractivity (Wildman–Crippen MR) is 112 cm³/mol. The van der Waals surface area contributed by atoms with Gasteiger partial charge in [-0.05, 0) is 48.2 Å². The van der Waals surface area contributed by atoms with Crippen LogP contribution in [0.5, 0.6) is 0 Å². The van der Waals surface area contributed by atoms with Crippen molar-refractivity contribution < 1.29 is 4.79 Å². The lowest BCUT2D eigenvalue weighted by Gasteiger charge is -2.10. The first-order chi connectivity index (χ1) is 13.7. The molecule has 0 bridgehead atoms. The number of aromatic nitrogens is 2. The van der Waals surface area contributed by atoms with Gasteiger partial charge in [-0.1, -0.05) is 54.1 Å². The molecule has 0 radical (unpaired) electrons. The number of carbonyl (C=O) groups excluding carboxylic acids is 1. The average molecular weight is 388 g/mol. The van der Waals surface area contributed by atoms with E-state index in [4.69, 9.17) is 11.6 Å². The summed E-state index contributed by atoms with van der Waals surface area (Å²) in [5.74, 6) is 0.903. The lowest BCUT2D eigenvalue weighted by molar-refractivity contribution is -0.117. The summed E-state index contributed by atoms with van der Waals surface area (Å²) in [7, 11) is 0. The van der Waals surface area contributed by atoms with E-state index in [1.165, 1.54) is 0 Å². The number of amides is 1. The summed E-state index contributed by atoms with van der Waals surface area (Å²) in [4.78, 5) is 20.8. The highest BCUT2D eigenvalue weighted by atomic mass is 35.5. The number of carbonyl (C=O) groups is 1. The fourth-order valence-electron chi connectivity index (χ4n) is 3.71. The smallest absolute Gasteiger partial charge is 0.228 e. The second-order valence-electron chi connectivity index (χ2n) is 7.11. The monoisotopic (exact) mass is 387 g/mol. The van der Waals surface area contributed by atoms with Crippen molar-refractivity contribution in [1.29, 1.82) is 0 Å². The van der Waals surface area contributed by atoms with Crippen LogP contribution in [0.3, 0.4) is 0 Å². The molecular formula is C23H18ClN3O. The number of aromatic amines is 1. The molecule has 5 heteroatoms. The number of nitrogens with one attached hydrogen (secondary N) is 2. The first-order valence-electron chi connectivity index (χ1n) is 9.30. The van der Waals surface area contributed by atoms with Crippen molar-refractivity contribution in [2.75, 3.05) is 5.32 Å². The van der Waals surface area contributed by atoms with Crippen LogP contribution < -0.4 is 5.32 Å². The molecular weight excluding hydrogens is 370 g/mol. The molecule has 1 fully saturated rings. The fraction of sp³-hybridized carbons (Fsp3) is 0.130. The molecule has 1 aliphatic carbocycles. The number of hydrogen-bond acceptors (Lipinski definition) is 2. The van der Waals surface area contributed by atoms with Crippen LogP contribution in [0, 0.1) is 5.92 Å². The first kappa shape index (κ1) is 17.0. The molecule has 0 spiro atoms. The molecule has 4 nitrogen and oxygen atoms in total. The normalized spacial score (nSPS) is 18.2. The van der Waals surface area contributed by atoms with E-state index in [9.17, 15) is 4.79 Å². The van der Waals surface area contributed by atoms with E-state index in [1.54, 1.807) is 0 Å². The Morgan fingerprint density at radius 1 is 1.00 bits per heavy atom. The maximum Gasteiger partial charge on any atom is 0.228 e. The molecule has 0 saturated heterocycles. The van der Waals surface area contributed by atoms with Gasteiger partial charge in [0.25, 0.3) is 0 Å². The first-order valence-corrected chi connectivity index (χ1v) is 9.68. The molecule has 1 aromatic heterocycles. The molecule has 2 N–H and O–H groups in total. The van der Waals surface area contributed by atoms with Gasteiger partial charge in [-0.2, -0.15) is 0 Å². The van der Waals surface area contributed by atoms with Crippen molar-refractivity contribution in [3.63, 3.8) is 0 Å². The minimum absolute atomic E-state index is 0.0217. The Morgan fingerprint density at radius 3 is 2.61 bits per heavy atom. The zero-order valence-electron chi connectivity index (χ0n) is 15.0. The molecule has 2 unspecified atom stereocenters. The second kappa shape index (κ2) is 6.80. The maximum atomic E-state index is 12.8. The molecule has 138 valence electrons. The number of anilines is 1. The predicted octanol–water partition coefficient (Wildman–Crippen LogP) is 5.63. The van der Waals surface area contributed by atoms with Gasteiger partial charge in [0.05, 0.1) is 16.7 Å². The van der Waals surface area contributed by atoms with E-state index in [0.717, 1.165) is 45.1 Å². The third kappa shape index (κ3) is 3.06. The van der Waals surface area contributed by atoms with Crippen molar-refractivity contribution in [3.8, 4) is 11.4 Å². The zero-order chi connectivity index (χ0) is 19.1. The van der Waals surface area contributed by atoms with Crippen LogP contribution in [-0.4, -0.2) is 15.9 Å². The SMILES string of the molecule is O=C(Nc1ccccc1-c1nc2ccccc2[nH]1)C1CC1c1ccccc1Cl. The number of H-pyrrole nitrogens is 1. The number of fused-ring (bicyclic) bond motifs is 1. The Hall–Kier alpha value is -3.11. The highest BCUT2D eigenvalue weighted by Gasteiger charge is 2.44. The lowest BCUT2D eigenvalue weighted by Crippen LogP contribution is -2.15. The Kier molecular flexibility index (Phi) is 4.14. The third-order valence-electron chi connectivity index (χ3n) is 5.26. The van der Waals surface area contributed by atoms with E-state index < -0.39 is 0 Å². The van der Waals surface area contributed by atoms with Crippen molar-refractivity contribution in [2.45, 2.75) is 12.3 Å². The van der Waals surface area contributed by atoms with Gasteiger partial charge >= 0.3 is 0 Å². The van der Waals surface area contributed by atoms with Crippen molar-refractivity contribution in [1.82, 2.24) is 9.97 Å². The summed E-state index contributed by atoms with van der Waals surface area (Å²) in [5, 5.41) is 3.82. The summed E-state index contributed by atoms with van der Waals surface area (Å²) in [6, 6.07) is 23.4. The molecule has 0 aliphatic heterocycles. The minimum atomic E-state index is -0.0522. The maximum absolute atomic E-state index is 12.8. The van der Waals surface area contributed by atoms with Gasteiger partial charge in [0.15, 0.2) is 0 Å². The van der Waals surface area contributed by atoms with Crippen LogP contribution in [0.15, 0.2) is 72.8 Å². The van der Waals surface area contributed by atoms with Gasteiger partial charge in [0, 0.05) is 16.5 Å². The van der Waals surface area contributed by atoms with Crippen LogP contribution in [0.1, 0.15) is 17.9 Å². The average Bonchev–Trinajstić information content (AvgIpc) is 3.39. The van der Waals surface area contributed by atoms with Crippen molar-refractivity contribution in [2.24, 2.45) is 5.92 Å².